The van der Waals surface area contributed by atoms with Crippen molar-refractivity contribution in [2.45, 2.75) is 72.1 Å². The molecule has 0 aliphatic carbocycles. The van der Waals surface area contributed by atoms with E-state index in [9.17, 15) is 4.79 Å². The highest BCUT2D eigenvalue weighted by atomic mass is 16.1. The van der Waals surface area contributed by atoms with E-state index in [1.165, 1.54) is 38.5 Å². The summed E-state index contributed by atoms with van der Waals surface area (Å²) in [4.78, 5) is 10.8. The third-order valence-electron chi connectivity index (χ3n) is 2.95. The number of ketones is 1. The van der Waals surface area contributed by atoms with Crippen LogP contribution >= 0.6 is 0 Å². The smallest absolute Gasteiger partial charge is 0.129 e. The minimum Gasteiger partial charge on any atom is -0.300 e. The number of Topliss-reactive ketones (excluding diaryl/α,β-unsaturated/α-hetero) is 1. The topological polar surface area (TPSA) is 17.1 Å². The molecular formula is C13H26O. The van der Waals surface area contributed by atoms with Gasteiger partial charge in [-0.25, -0.2) is 0 Å². The first-order chi connectivity index (χ1) is 6.70. The highest BCUT2D eigenvalue weighted by Crippen LogP contribution is 2.19. The fourth-order valence-corrected chi connectivity index (χ4v) is 1.82. The summed E-state index contributed by atoms with van der Waals surface area (Å²) in [6, 6.07) is 0. The lowest BCUT2D eigenvalue weighted by atomic mass is 9.93. The van der Waals surface area contributed by atoms with E-state index in [-0.39, 0.29) is 0 Å². The van der Waals surface area contributed by atoms with Crippen LogP contribution in [-0.4, -0.2) is 5.78 Å². The van der Waals surface area contributed by atoms with Crippen LogP contribution in [0.2, 0.25) is 0 Å². The standard InChI is InChI=1S/C13H26O/c1-4-6-7-8-9-13(5-2)11-10-12(3)14/h13H,4-11H2,1-3H3. The molecule has 0 saturated heterocycles. The maximum atomic E-state index is 10.8. The van der Waals surface area contributed by atoms with Crippen molar-refractivity contribution in [1.29, 1.82) is 0 Å². The maximum Gasteiger partial charge on any atom is 0.129 e. The van der Waals surface area contributed by atoms with E-state index in [0.717, 1.165) is 18.8 Å². The van der Waals surface area contributed by atoms with Gasteiger partial charge in [0.1, 0.15) is 5.78 Å². The summed E-state index contributed by atoms with van der Waals surface area (Å²) in [6.07, 6.45) is 9.85. The summed E-state index contributed by atoms with van der Waals surface area (Å²) in [5.74, 6) is 1.13. The second-order valence-corrected chi connectivity index (χ2v) is 4.36. The normalized spacial score (nSPS) is 12.8. The number of hydrogen-bond acceptors (Lipinski definition) is 1. The predicted octanol–water partition coefficient (Wildman–Crippen LogP) is 4.35. The van der Waals surface area contributed by atoms with Gasteiger partial charge in [0.05, 0.1) is 0 Å². The molecule has 0 heterocycles. The largest absolute Gasteiger partial charge is 0.300 e. The Morgan fingerprint density at radius 3 is 2.29 bits per heavy atom. The van der Waals surface area contributed by atoms with Crippen LogP contribution < -0.4 is 0 Å². The van der Waals surface area contributed by atoms with E-state index in [4.69, 9.17) is 0 Å². The van der Waals surface area contributed by atoms with Crippen LogP contribution in [0.25, 0.3) is 0 Å². The molecule has 1 unspecified atom stereocenters. The molecule has 0 fully saturated rings. The minimum absolute atomic E-state index is 0.344. The Labute approximate surface area is 89.3 Å². The van der Waals surface area contributed by atoms with Gasteiger partial charge < -0.3 is 4.79 Å². The Kier molecular flexibility index (Phi) is 9.02. The molecule has 14 heavy (non-hydrogen) atoms. The molecule has 0 saturated carbocycles. The lowest BCUT2D eigenvalue weighted by Gasteiger charge is -2.13. The zero-order chi connectivity index (χ0) is 10.8. The van der Waals surface area contributed by atoms with Gasteiger partial charge in [-0.1, -0.05) is 52.4 Å². The van der Waals surface area contributed by atoms with Crippen LogP contribution in [-0.2, 0) is 4.79 Å². The molecule has 0 N–H and O–H groups in total. The van der Waals surface area contributed by atoms with Gasteiger partial charge in [-0.3, -0.25) is 0 Å². The van der Waals surface area contributed by atoms with Crippen LogP contribution in [0, 0.1) is 5.92 Å². The highest BCUT2D eigenvalue weighted by molar-refractivity contribution is 5.75. The molecular weight excluding hydrogens is 172 g/mol. The van der Waals surface area contributed by atoms with Crippen molar-refractivity contribution in [3.8, 4) is 0 Å². The molecule has 0 radical (unpaired) electrons. The van der Waals surface area contributed by atoms with Gasteiger partial charge in [-0.15, -0.1) is 0 Å². The molecule has 0 spiro atoms. The van der Waals surface area contributed by atoms with Crippen molar-refractivity contribution >= 4 is 5.78 Å². The van der Waals surface area contributed by atoms with Crippen LogP contribution in [0.15, 0.2) is 0 Å². The predicted molar refractivity (Wildman–Crippen MR) is 62.5 cm³/mol. The van der Waals surface area contributed by atoms with Crippen molar-refractivity contribution in [2.24, 2.45) is 5.92 Å². The summed E-state index contributed by atoms with van der Waals surface area (Å²) in [5.41, 5.74) is 0. The van der Waals surface area contributed by atoms with E-state index in [0.29, 0.717) is 5.78 Å². The Bertz CT molecular complexity index is 140. The molecule has 0 aliphatic heterocycles. The summed E-state index contributed by atoms with van der Waals surface area (Å²) < 4.78 is 0. The van der Waals surface area contributed by atoms with Crippen molar-refractivity contribution < 1.29 is 4.79 Å². The van der Waals surface area contributed by atoms with E-state index in [1.54, 1.807) is 6.92 Å². The molecule has 84 valence electrons. The first-order valence-corrected chi connectivity index (χ1v) is 6.20. The summed E-state index contributed by atoms with van der Waals surface area (Å²) in [6.45, 7) is 6.18. The zero-order valence-corrected chi connectivity index (χ0v) is 10.1. The second-order valence-electron chi connectivity index (χ2n) is 4.36. The van der Waals surface area contributed by atoms with Crippen molar-refractivity contribution in [2.75, 3.05) is 0 Å². The molecule has 0 aromatic heterocycles. The Hall–Kier alpha value is -0.330. The van der Waals surface area contributed by atoms with E-state index in [1.807, 2.05) is 0 Å². The number of rotatable bonds is 9. The monoisotopic (exact) mass is 198 g/mol. The van der Waals surface area contributed by atoms with Crippen LogP contribution in [0.5, 0.6) is 0 Å². The van der Waals surface area contributed by atoms with E-state index >= 15 is 0 Å². The molecule has 0 aromatic carbocycles. The summed E-state index contributed by atoms with van der Waals surface area (Å²) in [7, 11) is 0. The summed E-state index contributed by atoms with van der Waals surface area (Å²) >= 11 is 0. The molecule has 1 nitrogen and oxygen atoms in total. The van der Waals surface area contributed by atoms with E-state index in [2.05, 4.69) is 13.8 Å². The third kappa shape index (κ3) is 8.28. The number of carbonyl (C=O) groups excluding carboxylic acids is 1. The van der Waals surface area contributed by atoms with Gasteiger partial charge >= 0.3 is 0 Å². The van der Waals surface area contributed by atoms with Crippen LogP contribution in [0.4, 0.5) is 0 Å². The molecule has 0 bridgehead atoms. The SMILES string of the molecule is CCCCCCC(CC)CCC(C)=O. The number of hydrogen-bond donors (Lipinski definition) is 0. The average Bonchev–Trinajstić information content (AvgIpc) is 2.16. The van der Waals surface area contributed by atoms with Crippen LogP contribution in [0.1, 0.15) is 72.1 Å². The zero-order valence-electron chi connectivity index (χ0n) is 10.1. The quantitative estimate of drug-likeness (QED) is 0.503. The first kappa shape index (κ1) is 13.7. The van der Waals surface area contributed by atoms with Gasteiger partial charge in [0.15, 0.2) is 0 Å². The molecule has 0 rings (SSSR count). The van der Waals surface area contributed by atoms with Crippen molar-refractivity contribution in [1.82, 2.24) is 0 Å². The van der Waals surface area contributed by atoms with Gasteiger partial charge in [-0.05, 0) is 19.3 Å². The Morgan fingerprint density at radius 2 is 1.79 bits per heavy atom. The third-order valence-corrected chi connectivity index (χ3v) is 2.95. The van der Waals surface area contributed by atoms with Crippen molar-refractivity contribution in [3.05, 3.63) is 0 Å². The summed E-state index contributed by atoms with van der Waals surface area (Å²) in [5, 5.41) is 0. The van der Waals surface area contributed by atoms with Gasteiger partial charge in [0.2, 0.25) is 0 Å². The van der Waals surface area contributed by atoms with E-state index < -0.39 is 0 Å². The van der Waals surface area contributed by atoms with Gasteiger partial charge in [-0.2, -0.15) is 0 Å². The van der Waals surface area contributed by atoms with Gasteiger partial charge in [0, 0.05) is 6.42 Å². The Balaban J connectivity index is 3.42. The van der Waals surface area contributed by atoms with Crippen molar-refractivity contribution in [3.63, 3.8) is 0 Å². The fraction of sp³-hybridized carbons (Fsp3) is 0.923. The number of carbonyl (C=O) groups is 1. The molecule has 1 atom stereocenters. The maximum absolute atomic E-state index is 10.8. The fourth-order valence-electron chi connectivity index (χ4n) is 1.82. The first-order valence-electron chi connectivity index (χ1n) is 6.20. The lowest BCUT2D eigenvalue weighted by Crippen LogP contribution is -2.02. The molecule has 1 heteroatoms. The average molecular weight is 198 g/mol. The second kappa shape index (κ2) is 9.23. The Morgan fingerprint density at radius 1 is 1.07 bits per heavy atom. The lowest BCUT2D eigenvalue weighted by molar-refractivity contribution is -0.117. The number of unbranched alkanes of at least 4 members (excludes halogenated alkanes) is 3. The van der Waals surface area contributed by atoms with Gasteiger partial charge in [0.25, 0.3) is 0 Å². The minimum atomic E-state index is 0.344. The molecule has 0 aromatic rings. The molecule has 0 amide bonds. The molecule has 0 aliphatic rings. The van der Waals surface area contributed by atoms with Crippen LogP contribution in [0.3, 0.4) is 0 Å². The highest BCUT2D eigenvalue weighted by Gasteiger charge is 2.06.